The molecule has 0 radical (unpaired) electrons. The highest BCUT2D eigenvalue weighted by atomic mass is 35.6. The molecule has 3 rings (SSSR count). The summed E-state index contributed by atoms with van der Waals surface area (Å²) in [5.41, 5.74) is 2.01. The molecule has 0 bridgehead atoms. The summed E-state index contributed by atoms with van der Waals surface area (Å²) in [5, 5.41) is 0. The molecule has 0 spiro atoms. The van der Waals surface area contributed by atoms with Crippen LogP contribution in [-0.4, -0.2) is 55.2 Å². The third kappa shape index (κ3) is 10.4. The van der Waals surface area contributed by atoms with Crippen LogP contribution in [-0.2, 0) is 41.7 Å². The van der Waals surface area contributed by atoms with Gasteiger partial charge in [0, 0.05) is 5.92 Å². The van der Waals surface area contributed by atoms with Gasteiger partial charge in [0.15, 0.2) is 6.10 Å². The molecule has 0 unspecified atom stereocenters. The quantitative estimate of drug-likeness (QED) is 0.101. The van der Waals surface area contributed by atoms with E-state index in [0.29, 0.717) is 13.2 Å². The standard InChI is InChI=1S/C27H31Cl3O7/c1-19(36-18-34-15-20-6-4-3-5-7-20)24-13-10-22(25(37-24)26(31)35-17-27(28,29)30)16-33-14-21-8-11-23(32-2)12-9-21/h3-13,19,22,24-25H,14-18H2,1-2H3/t19-,22-,24+,25-/m0/s1. The minimum absolute atomic E-state index is 0.0700. The third-order valence-electron chi connectivity index (χ3n) is 5.58. The summed E-state index contributed by atoms with van der Waals surface area (Å²) in [7, 11) is 1.61. The number of methoxy groups -OCH3 is 1. The fraction of sp³-hybridized carbons (Fsp3) is 0.444. The van der Waals surface area contributed by atoms with Crippen LogP contribution in [0.2, 0.25) is 0 Å². The van der Waals surface area contributed by atoms with Crippen molar-refractivity contribution in [2.75, 3.05) is 27.1 Å². The minimum Gasteiger partial charge on any atom is -0.497 e. The Kier molecular flexibility index (Phi) is 12.0. The number of esters is 1. The molecule has 7 nitrogen and oxygen atoms in total. The van der Waals surface area contributed by atoms with Gasteiger partial charge in [-0.2, -0.15) is 0 Å². The molecular formula is C27H31Cl3O7. The second kappa shape index (κ2) is 14.9. The lowest BCUT2D eigenvalue weighted by Crippen LogP contribution is -2.45. The highest BCUT2D eigenvalue weighted by Gasteiger charge is 2.37. The van der Waals surface area contributed by atoms with Crippen LogP contribution in [0.1, 0.15) is 18.1 Å². The van der Waals surface area contributed by atoms with Gasteiger partial charge in [0.25, 0.3) is 0 Å². The molecule has 1 heterocycles. The third-order valence-corrected chi connectivity index (χ3v) is 5.90. The van der Waals surface area contributed by atoms with Crippen molar-refractivity contribution < 1.29 is 33.2 Å². The van der Waals surface area contributed by atoms with E-state index in [2.05, 4.69) is 0 Å². The van der Waals surface area contributed by atoms with E-state index in [4.69, 9.17) is 63.2 Å². The molecule has 4 atom stereocenters. The Morgan fingerprint density at radius 1 is 0.973 bits per heavy atom. The number of alkyl halides is 3. The highest BCUT2D eigenvalue weighted by Crippen LogP contribution is 2.28. The van der Waals surface area contributed by atoms with Crippen LogP contribution < -0.4 is 4.74 Å². The van der Waals surface area contributed by atoms with E-state index in [0.717, 1.165) is 16.9 Å². The molecule has 0 amide bonds. The maximum atomic E-state index is 12.9. The summed E-state index contributed by atoms with van der Waals surface area (Å²) >= 11 is 17.3. The van der Waals surface area contributed by atoms with Crippen LogP contribution in [0.25, 0.3) is 0 Å². The zero-order valence-electron chi connectivity index (χ0n) is 20.7. The zero-order valence-corrected chi connectivity index (χ0v) is 23.0. The number of hydrogen-bond acceptors (Lipinski definition) is 7. The van der Waals surface area contributed by atoms with Crippen molar-refractivity contribution in [3.63, 3.8) is 0 Å². The van der Waals surface area contributed by atoms with Gasteiger partial charge >= 0.3 is 5.97 Å². The number of carbonyl (C=O) groups is 1. The van der Waals surface area contributed by atoms with Gasteiger partial charge in [-0.25, -0.2) is 4.79 Å². The van der Waals surface area contributed by atoms with Crippen molar-refractivity contribution in [1.29, 1.82) is 0 Å². The van der Waals surface area contributed by atoms with Gasteiger partial charge in [0.05, 0.1) is 33.0 Å². The number of ether oxygens (including phenoxy) is 6. The van der Waals surface area contributed by atoms with Crippen LogP contribution in [0.15, 0.2) is 66.7 Å². The molecule has 0 aliphatic carbocycles. The van der Waals surface area contributed by atoms with Gasteiger partial charge in [-0.3, -0.25) is 0 Å². The maximum absolute atomic E-state index is 12.9. The first-order valence-electron chi connectivity index (χ1n) is 11.8. The van der Waals surface area contributed by atoms with Crippen LogP contribution in [0, 0.1) is 5.92 Å². The molecule has 2 aromatic rings. The van der Waals surface area contributed by atoms with Crippen molar-refractivity contribution in [2.24, 2.45) is 5.92 Å². The first kappa shape index (κ1) is 29.7. The van der Waals surface area contributed by atoms with E-state index in [1.54, 1.807) is 7.11 Å². The minimum atomic E-state index is -1.73. The van der Waals surface area contributed by atoms with Crippen molar-refractivity contribution >= 4 is 40.8 Å². The number of rotatable bonds is 13. The largest absolute Gasteiger partial charge is 0.497 e. The van der Waals surface area contributed by atoms with Gasteiger partial charge in [-0.15, -0.1) is 0 Å². The molecule has 0 aromatic heterocycles. The van der Waals surface area contributed by atoms with Crippen molar-refractivity contribution in [1.82, 2.24) is 0 Å². The molecule has 0 saturated carbocycles. The predicted molar refractivity (Wildman–Crippen MR) is 142 cm³/mol. The number of hydrogen-bond donors (Lipinski definition) is 0. The van der Waals surface area contributed by atoms with E-state index < -0.39 is 40.6 Å². The second-order valence-electron chi connectivity index (χ2n) is 8.48. The van der Waals surface area contributed by atoms with Crippen molar-refractivity contribution in [2.45, 2.75) is 42.2 Å². The van der Waals surface area contributed by atoms with E-state index in [1.165, 1.54) is 0 Å². The smallest absolute Gasteiger partial charge is 0.336 e. The van der Waals surface area contributed by atoms with E-state index in [9.17, 15) is 4.79 Å². The lowest BCUT2D eigenvalue weighted by atomic mass is 9.97. The van der Waals surface area contributed by atoms with Gasteiger partial charge in [0.2, 0.25) is 3.79 Å². The molecular weight excluding hydrogens is 543 g/mol. The van der Waals surface area contributed by atoms with Crippen LogP contribution in [0.4, 0.5) is 0 Å². The van der Waals surface area contributed by atoms with E-state index >= 15 is 0 Å². The highest BCUT2D eigenvalue weighted by molar-refractivity contribution is 6.67. The van der Waals surface area contributed by atoms with Crippen molar-refractivity contribution in [3.8, 4) is 5.75 Å². The fourth-order valence-corrected chi connectivity index (χ4v) is 3.73. The van der Waals surface area contributed by atoms with Gasteiger partial charge in [0.1, 0.15) is 25.3 Å². The molecule has 0 N–H and O–H groups in total. The molecule has 0 fully saturated rings. The summed E-state index contributed by atoms with van der Waals surface area (Å²) in [6.45, 7) is 2.51. The lowest BCUT2D eigenvalue weighted by molar-refractivity contribution is -0.178. The average molecular weight is 574 g/mol. The first-order chi connectivity index (χ1) is 17.7. The van der Waals surface area contributed by atoms with Crippen LogP contribution >= 0.6 is 34.8 Å². The molecule has 1 aliphatic rings. The Hall–Kier alpha value is -1.84. The summed E-state index contributed by atoms with van der Waals surface area (Å²) in [6, 6.07) is 17.3. The predicted octanol–water partition coefficient (Wildman–Crippen LogP) is 5.64. The molecule has 10 heteroatoms. The Balaban J connectivity index is 1.55. The zero-order chi connectivity index (χ0) is 26.7. The maximum Gasteiger partial charge on any atom is 0.336 e. The van der Waals surface area contributed by atoms with Gasteiger partial charge in [-0.1, -0.05) is 89.4 Å². The second-order valence-corrected chi connectivity index (χ2v) is 11.0. The number of benzene rings is 2. The summed E-state index contributed by atoms with van der Waals surface area (Å²) < 4.78 is 32.0. The van der Waals surface area contributed by atoms with E-state index in [-0.39, 0.29) is 13.4 Å². The molecule has 37 heavy (non-hydrogen) atoms. The number of carbonyl (C=O) groups excluding carboxylic acids is 1. The summed E-state index contributed by atoms with van der Waals surface area (Å²) in [5.74, 6) is -0.290. The number of halogens is 3. The topological polar surface area (TPSA) is 72.5 Å². The SMILES string of the molecule is COc1ccc(COC[C@@H]2C=C[C@H]([C@H](C)OCOCc3ccccc3)O[C@@H]2C(=O)OCC(Cl)(Cl)Cl)cc1. The normalized spacial score (nSPS) is 20.4. The Morgan fingerprint density at radius 2 is 1.65 bits per heavy atom. The Bertz CT molecular complexity index is 980. The monoisotopic (exact) mass is 572 g/mol. The molecule has 202 valence electrons. The molecule has 2 aromatic carbocycles. The first-order valence-corrected chi connectivity index (χ1v) is 12.9. The average Bonchev–Trinajstić information content (AvgIpc) is 2.90. The van der Waals surface area contributed by atoms with Crippen LogP contribution in [0.5, 0.6) is 5.75 Å². The summed E-state index contributed by atoms with van der Waals surface area (Å²) in [6.07, 6.45) is 1.85. The molecule has 1 aliphatic heterocycles. The lowest BCUT2D eigenvalue weighted by Gasteiger charge is -2.33. The molecule has 0 saturated heterocycles. The van der Waals surface area contributed by atoms with Crippen LogP contribution in [0.3, 0.4) is 0 Å². The fourth-order valence-electron chi connectivity index (χ4n) is 3.56. The summed E-state index contributed by atoms with van der Waals surface area (Å²) in [4.78, 5) is 12.9. The van der Waals surface area contributed by atoms with Gasteiger partial charge in [-0.05, 0) is 30.2 Å². The Morgan fingerprint density at radius 3 is 2.32 bits per heavy atom. The van der Waals surface area contributed by atoms with Gasteiger partial charge < -0.3 is 28.4 Å². The van der Waals surface area contributed by atoms with Crippen molar-refractivity contribution in [3.05, 3.63) is 77.9 Å². The van der Waals surface area contributed by atoms with E-state index in [1.807, 2.05) is 73.7 Å². The Labute approximate surface area is 232 Å².